The highest BCUT2D eigenvalue weighted by molar-refractivity contribution is 5.80. The smallest absolute Gasteiger partial charge is 0.252 e. The molecule has 35 heavy (non-hydrogen) atoms. The molecule has 2 aliphatic carbocycles. The summed E-state index contributed by atoms with van der Waals surface area (Å²) in [5.41, 5.74) is 4.23. The summed E-state index contributed by atoms with van der Waals surface area (Å²) in [5.74, 6) is 0.994. The molecule has 3 aromatic rings. The lowest BCUT2D eigenvalue weighted by atomic mass is 9.91. The van der Waals surface area contributed by atoms with Crippen molar-refractivity contribution in [2.75, 3.05) is 0 Å². The van der Waals surface area contributed by atoms with Crippen molar-refractivity contribution in [3.05, 3.63) is 51.1 Å². The summed E-state index contributed by atoms with van der Waals surface area (Å²) in [7, 11) is 0. The lowest BCUT2D eigenvalue weighted by molar-refractivity contribution is 0.0798. The van der Waals surface area contributed by atoms with Crippen LogP contribution in [0.15, 0.2) is 23.0 Å². The third kappa shape index (κ3) is 5.06. The Morgan fingerprint density at radius 1 is 1.03 bits per heavy atom. The van der Waals surface area contributed by atoms with Crippen molar-refractivity contribution >= 4 is 10.9 Å². The van der Waals surface area contributed by atoms with Gasteiger partial charge in [-0.25, -0.2) is 4.68 Å². The van der Waals surface area contributed by atoms with Gasteiger partial charge < -0.3 is 4.98 Å². The number of aryl methyl sites for hydroxylation is 2. The molecule has 0 spiro atoms. The van der Waals surface area contributed by atoms with E-state index in [4.69, 9.17) is 0 Å². The highest BCUT2D eigenvalue weighted by atomic mass is 16.1. The summed E-state index contributed by atoms with van der Waals surface area (Å²) in [6, 6.07) is 7.36. The molecule has 0 bridgehead atoms. The number of tetrazole rings is 1. The van der Waals surface area contributed by atoms with Crippen molar-refractivity contribution in [1.29, 1.82) is 0 Å². The van der Waals surface area contributed by atoms with Gasteiger partial charge in [-0.1, -0.05) is 45.4 Å². The Hall–Kier alpha value is -2.54. The fourth-order valence-corrected chi connectivity index (χ4v) is 6.29. The Labute approximate surface area is 208 Å². The molecule has 188 valence electrons. The maximum absolute atomic E-state index is 13.3. The zero-order chi connectivity index (χ0) is 24.4. The lowest BCUT2D eigenvalue weighted by Gasteiger charge is -2.39. The van der Waals surface area contributed by atoms with E-state index in [0.717, 1.165) is 48.0 Å². The van der Waals surface area contributed by atoms with E-state index in [1.807, 2.05) is 0 Å². The molecular weight excluding hydrogens is 436 g/mol. The molecule has 2 aliphatic rings. The van der Waals surface area contributed by atoms with E-state index in [1.54, 1.807) is 0 Å². The number of fused-ring (bicyclic) bond motifs is 1. The Balaban J connectivity index is 1.54. The van der Waals surface area contributed by atoms with Crippen LogP contribution in [0.2, 0.25) is 0 Å². The predicted molar refractivity (Wildman–Crippen MR) is 139 cm³/mol. The van der Waals surface area contributed by atoms with Crippen molar-refractivity contribution in [2.24, 2.45) is 0 Å². The van der Waals surface area contributed by atoms with Gasteiger partial charge >= 0.3 is 0 Å². The number of nitrogens with one attached hydrogen (secondary N) is 1. The summed E-state index contributed by atoms with van der Waals surface area (Å²) in [5, 5.41) is 14.3. The van der Waals surface area contributed by atoms with Gasteiger partial charge in [-0.15, -0.1) is 5.10 Å². The number of aromatic nitrogens is 5. The average Bonchev–Trinajstić information content (AvgIpc) is 3.55. The largest absolute Gasteiger partial charge is 0.322 e. The van der Waals surface area contributed by atoms with Crippen LogP contribution in [0.3, 0.4) is 0 Å². The zero-order valence-electron chi connectivity index (χ0n) is 21.6. The third-order valence-electron chi connectivity index (χ3n) is 8.38. The molecule has 7 heteroatoms. The summed E-state index contributed by atoms with van der Waals surface area (Å²) in [6.45, 7) is 7.10. The van der Waals surface area contributed by atoms with Gasteiger partial charge in [-0.3, -0.25) is 9.69 Å². The number of rotatable bonds is 8. The Bertz CT molecular complexity index is 1200. The Morgan fingerprint density at radius 2 is 1.74 bits per heavy atom. The van der Waals surface area contributed by atoms with Gasteiger partial charge in [0.2, 0.25) is 0 Å². The molecule has 2 fully saturated rings. The van der Waals surface area contributed by atoms with Crippen LogP contribution >= 0.6 is 0 Å². The highest BCUT2D eigenvalue weighted by Gasteiger charge is 2.34. The number of aromatic amines is 1. The molecule has 1 unspecified atom stereocenters. The van der Waals surface area contributed by atoms with Crippen LogP contribution < -0.4 is 5.56 Å². The second kappa shape index (κ2) is 10.6. The fourth-order valence-electron chi connectivity index (χ4n) is 6.29. The maximum Gasteiger partial charge on any atom is 0.252 e. The van der Waals surface area contributed by atoms with E-state index in [-0.39, 0.29) is 11.6 Å². The molecule has 1 atom stereocenters. The minimum atomic E-state index is 0.0206. The summed E-state index contributed by atoms with van der Waals surface area (Å²) < 4.78 is 2.12. The molecule has 0 amide bonds. The van der Waals surface area contributed by atoms with E-state index in [1.165, 1.54) is 56.1 Å². The van der Waals surface area contributed by atoms with Gasteiger partial charge in [0.1, 0.15) is 0 Å². The number of benzene rings is 1. The Morgan fingerprint density at radius 3 is 2.49 bits per heavy atom. The van der Waals surface area contributed by atoms with Gasteiger partial charge in [-0.05, 0) is 91.1 Å². The molecule has 2 aromatic heterocycles. The Kier molecular flexibility index (Phi) is 7.32. The first kappa shape index (κ1) is 24.2. The van der Waals surface area contributed by atoms with Crippen molar-refractivity contribution < 1.29 is 0 Å². The van der Waals surface area contributed by atoms with E-state index >= 15 is 0 Å². The molecule has 0 radical (unpaired) electrons. The fraction of sp³-hybridized carbons (Fsp3) is 0.643. The van der Waals surface area contributed by atoms with E-state index < -0.39 is 0 Å². The van der Waals surface area contributed by atoms with Crippen LogP contribution in [-0.4, -0.2) is 36.1 Å². The van der Waals surface area contributed by atoms with Crippen molar-refractivity contribution in [3.8, 4) is 0 Å². The van der Waals surface area contributed by atoms with Crippen LogP contribution in [-0.2, 0) is 6.54 Å². The molecule has 2 saturated carbocycles. The van der Waals surface area contributed by atoms with E-state index in [2.05, 4.69) is 69.1 Å². The normalized spacial score (nSPS) is 18.6. The number of pyridine rings is 1. The zero-order valence-corrected chi connectivity index (χ0v) is 21.6. The molecule has 0 saturated heterocycles. The average molecular weight is 477 g/mol. The molecule has 2 heterocycles. The topological polar surface area (TPSA) is 79.7 Å². The van der Waals surface area contributed by atoms with Crippen molar-refractivity contribution in [2.45, 2.75) is 116 Å². The standard InChI is InChI=1S/C28H40N6O/c1-4-10-26(27-30-31-32-34(27)24-13-8-9-14-24)33(23-11-6-5-7-12-23)18-22-17-21-15-19(2)20(3)16-25(21)29-28(22)35/h15-17,23-24,26H,4-14,18H2,1-3H3,(H,29,35). The van der Waals surface area contributed by atoms with E-state index in [0.29, 0.717) is 18.6 Å². The number of H-pyrrole nitrogens is 1. The number of nitrogens with zero attached hydrogens (tertiary/aromatic N) is 5. The SMILES string of the molecule is CCCC(c1nnnn1C1CCCC1)N(Cc1cc2cc(C)c(C)cc2[nH]c1=O)C1CCCCC1. The molecule has 1 N–H and O–H groups in total. The minimum absolute atomic E-state index is 0.0206. The highest BCUT2D eigenvalue weighted by Crippen LogP contribution is 2.36. The summed E-state index contributed by atoms with van der Waals surface area (Å²) >= 11 is 0. The van der Waals surface area contributed by atoms with E-state index in [9.17, 15) is 4.79 Å². The molecular formula is C28H40N6O. The van der Waals surface area contributed by atoms with Crippen LogP contribution in [0.4, 0.5) is 0 Å². The first-order chi connectivity index (χ1) is 17.0. The monoisotopic (exact) mass is 476 g/mol. The van der Waals surface area contributed by atoms with Crippen LogP contribution in [0.25, 0.3) is 10.9 Å². The second-order valence-electron chi connectivity index (χ2n) is 10.8. The number of hydrogen-bond donors (Lipinski definition) is 1. The van der Waals surface area contributed by atoms with Crippen LogP contribution in [0.5, 0.6) is 0 Å². The first-order valence-electron chi connectivity index (χ1n) is 13.7. The van der Waals surface area contributed by atoms with Crippen molar-refractivity contribution in [1.82, 2.24) is 30.1 Å². The van der Waals surface area contributed by atoms with Crippen LogP contribution in [0, 0.1) is 13.8 Å². The molecule has 5 rings (SSSR count). The quantitative estimate of drug-likeness (QED) is 0.436. The number of hydrogen-bond acceptors (Lipinski definition) is 5. The predicted octanol–water partition coefficient (Wildman–Crippen LogP) is 5.92. The van der Waals surface area contributed by atoms with Gasteiger partial charge in [0.15, 0.2) is 5.82 Å². The lowest BCUT2D eigenvalue weighted by Crippen LogP contribution is -2.41. The summed E-state index contributed by atoms with van der Waals surface area (Å²) in [6.07, 6.45) is 13.0. The van der Waals surface area contributed by atoms with Crippen LogP contribution in [0.1, 0.15) is 112 Å². The van der Waals surface area contributed by atoms with Gasteiger partial charge in [0.25, 0.3) is 5.56 Å². The van der Waals surface area contributed by atoms with Gasteiger partial charge in [0.05, 0.1) is 12.1 Å². The summed E-state index contributed by atoms with van der Waals surface area (Å²) in [4.78, 5) is 19.0. The third-order valence-corrected chi connectivity index (χ3v) is 8.38. The van der Waals surface area contributed by atoms with Crippen molar-refractivity contribution in [3.63, 3.8) is 0 Å². The van der Waals surface area contributed by atoms with Gasteiger partial charge in [-0.2, -0.15) is 0 Å². The maximum atomic E-state index is 13.3. The van der Waals surface area contributed by atoms with Gasteiger partial charge in [0, 0.05) is 23.7 Å². The minimum Gasteiger partial charge on any atom is -0.322 e. The molecule has 1 aromatic carbocycles. The molecule has 0 aliphatic heterocycles. The first-order valence-corrected chi connectivity index (χ1v) is 13.7. The molecule has 7 nitrogen and oxygen atoms in total. The second-order valence-corrected chi connectivity index (χ2v) is 10.8.